The number of amides is 2. The Bertz CT molecular complexity index is 694. The number of carbonyl (C=O) groups excluding carboxylic acids is 2. The summed E-state index contributed by atoms with van der Waals surface area (Å²) in [6.45, 7) is 5.47. The van der Waals surface area contributed by atoms with Crippen molar-refractivity contribution in [2.45, 2.75) is 27.2 Å². The van der Waals surface area contributed by atoms with Crippen LogP contribution in [0.1, 0.15) is 27.2 Å². The van der Waals surface area contributed by atoms with Crippen LogP contribution >= 0.6 is 0 Å². The van der Waals surface area contributed by atoms with Gasteiger partial charge in [0, 0.05) is 24.7 Å². The van der Waals surface area contributed by atoms with Gasteiger partial charge in [-0.05, 0) is 42.3 Å². The minimum absolute atomic E-state index is 0.0354. The van der Waals surface area contributed by atoms with Crippen molar-refractivity contribution in [3.05, 3.63) is 42.6 Å². The van der Waals surface area contributed by atoms with E-state index in [0.29, 0.717) is 18.2 Å². The third-order valence-corrected chi connectivity index (χ3v) is 3.12. The molecule has 1 heterocycles. The van der Waals surface area contributed by atoms with Gasteiger partial charge in [0.15, 0.2) is 0 Å². The van der Waals surface area contributed by atoms with Crippen LogP contribution in [0.25, 0.3) is 0 Å². The number of benzene rings is 1. The van der Waals surface area contributed by atoms with Crippen LogP contribution in [0.15, 0.2) is 42.6 Å². The van der Waals surface area contributed by atoms with Crippen LogP contribution in [0.3, 0.4) is 0 Å². The summed E-state index contributed by atoms with van der Waals surface area (Å²) >= 11 is 0. The van der Waals surface area contributed by atoms with Crippen molar-refractivity contribution < 1.29 is 9.59 Å². The smallest absolute Gasteiger partial charge is 0.225 e. The zero-order chi connectivity index (χ0) is 17.5. The van der Waals surface area contributed by atoms with E-state index < -0.39 is 0 Å². The quantitative estimate of drug-likeness (QED) is 0.754. The fourth-order valence-corrected chi connectivity index (χ4v) is 2.11. The fourth-order valence-electron chi connectivity index (χ4n) is 2.11. The highest BCUT2D eigenvalue weighted by Gasteiger charge is 2.06. The molecule has 0 aliphatic carbocycles. The molecule has 2 rings (SSSR count). The number of hydrogen-bond donors (Lipinski definition) is 3. The molecule has 0 saturated heterocycles. The Kier molecular flexibility index (Phi) is 5.89. The van der Waals surface area contributed by atoms with Crippen LogP contribution in [-0.4, -0.2) is 16.8 Å². The molecule has 0 fully saturated rings. The third kappa shape index (κ3) is 5.72. The minimum Gasteiger partial charge on any atom is -0.354 e. The first kappa shape index (κ1) is 17.5. The zero-order valence-corrected chi connectivity index (χ0v) is 14.1. The summed E-state index contributed by atoms with van der Waals surface area (Å²) in [7, 11) is 0. The molecule has 126 valence electrons. The van der Waals surface area contributed by atoms with E-state index in [4.69, 9.17) is 0 Å². The van der Waals surface area contributed by atoms with Crippen molar-refractivity contribution in [3.8, 4) is 0 Å². The van der Waals surface area contributed by atoms with Gasteiger partial charge in [0.2, 0.25) is 11.8 Å². The molecule has 3 N–H and O–H groups in total. The lowest BCUT2D eigenvalue weighted by Gasteiger charge is -2.09. The van der Waals surface area contributed by atoms with E-state index in [2.05, 4.69) is 20.9 Å². The summed E-state index contributed by atoms with van der Waals surface area (Å²) in [4.78, 5) is 26.9. The van der Waals surface area contributed by atoms with Crippen LogP contribution < -0.4 is 16.0 Å². The normalized spacial score (nSPS) is 10.3. The molecule has 0 atom stereocenters. The molecule has 0 radical (unpaired) electrons. The Labute approximate surface area is 141 Å². The minimum atomic E-state index is -0.102. The molecule has 0 aliphatic heterocycles. The Morgan fingerprint density at radius 2 is 1.58 bits per heavy atom. The summed E-state index contributed by atoms with van der Waals surface area (Å²) < 4.78 is 0. The Morgan fingerprint density at radius 1 is 0.958 bits per heavy atom. The molecule has 1 aromatic heterocycles. The standard InChI is InChI=1S/C18H22N4O2/c1-12(2)10-18(24)22-17-9-8-16(11-19-17)21-15-6-4-14(5-7-15)20-13(3)23/h4-9,11-12,21H,10H2,1-3H3,(H,20,23)(H,19,22,24). The van der Waals surface area contributed by atoms with Crippen LogP contribution in [0, 0.1) is 5.92 Å². The van der Waals surface area contributed by atoms with E-state index in [0.717, 1.165) is 17.1 Å². The number of hydrogen-bond acceptors (Lipinski definition) is 4. The van der Waals surface area contributed by atoms with E-state index in [9.17, 15) is 9.59 Å². The third-order valence-electron chi connectivity index (χ3n) is 3.12. The van der Waals surface area contributed by atoms with Crippen molar-refractivity contribution in [2.24, 2.45) is 5.92 Å². The van der Waals surface area contributed by atoms with Gasteiger partial charge >= 0.3 is 0 Å². The largest absolute Gasteiger partial charge is 0.354 e. The van der Waals surface area contributed by atoms with Gasteiger partial charge in [-0.15, -0.1) is 0 Å². The molecule has 2 aromatic rings. The maximum absolute atomic E-state index is 11.7. The second-order valence-electron chi connectivity index (χ2n) is 5.96. The summed E-state index contributed by atoms with van der Waals surface area (Å²) in [6, 6.07) is 11.0. The zero-order valence-electron chi connectivity index (χ0n) is 14.1. The van der Waals surface area contributed by atoms with Crippen molar-refractivity contribution >= 4 is 34.7 Å². The first-order valence-electron chi connectivity index (χ1n) is 7.83. The van der Waals surface area contributed by atoms with Gasteiger partial charge in [0.05, 0.1) is 11.9 Å². The van der Waals surface area contributed by atoms with Gasteiger partial charge in [0.1, 0.15) is 5.82 Å². The van der Waals surface area contributed by atoms with Gasteiger partial charge in [-0.3, -0.25) is 9.59 Å². The first-order chi connectivity index (χ1) is 11.4. The van der Waals surface area contributed by atoms with E-state index >= 15 is 0 Å². The molecule has 24 heavy (non-hydrogen) atoms. The summed E-state index contributed by atoms with van der Waals surface area (Å²) in [5.41, 5.74) is 2.43. The van der Waals surface area contributed by atoms with Gasteiger partial charge in [-0.2, -0.15) is 0 Å². The molecular formula is C18H22N4O2. The topological polar surface area (TPSA) is 83.1 Å². The number of nitrogens with one attached hydrogen (secondary N) is 3. The lowest BCUT2D eigenvalue weighted by Crippen LogP contribution is -2.14. The maximum Gasteiger partial charge on any atom is 0.225 e. The number of anilines is 4. The van der Waals surface area contributed by atoms with Crippen molar-refractivity contribution in [3.63, 3.8) is 0 Å². The second kappa shape index (κ2) is 8.10. The predicted molar refractivity (Wildman–Crippen MR) is 96.4 cm³/mol. The molecule has 0 saturated carbocycles. The van der Waals surface area contributed by atoms with Crippen molar-refractivity contribution in [2.75, 3.05) is 16.0 Å². The lowest BCUT2D eigenvalue weighted by molar-refractivity contribution is -0.117. The van der Waals surface area contributed by atoms with E-state index in [1.165, 1.54) is 6.92 Å². The average Bonchev–Trinajstić information content (AvgIpc) is 2.50. The SMILES string of the molecule is CC(=O)Nc1ccc(Nc2ccc(NC(=O)CC(C)C)nc2)cc1. The van der Waals surface area contributed by atoms with Gasteiger partial charge < -0.3 is 16.0 Å². The number of nitrogens with zero attached hydrogens (tertiary/aromatic N) is 1. The van der Waals surface area contributed by atoms with Crippen molar-refractivity contribution in [1.82, 2.24) is 4.98 Å². The highest BCUT2D eigenvalue weighted by molar-refractivity contribution is 5.90. The van der Waals surface area contributed by atoms with E-state index in [1.807, 2.05) is 44.2 Å². The van der Waals surface area contributed by atoms with Crippen LogP contribution in [0.2, 0.25) is 0 Å². The molecule has 0 spiro atoms. The van der Waals surface area contributed by atoms with Crippen LogP contribution in [0.5, 0.6) is 0 Å². The highest BCUT2D eigenvalue weighted by Crippen LogP contribution is 2.19. The summed E-state index contributed by atoms with van der Waals surface area (Å²) in [5.74, 6) is 0.709. The maximum atomic E-state index is 11.7. The lowest BCUT2D eigenvalue weighted by atomic mass is 10.1. The Morgan fingerprint density at radius 3 is 2.12 bits per heavy atom. The van der Waals surface area contributed by atoms with Crippen LogP contribution in [0.4, 0.5) is 22.9 Å². The Hall–Kier alpha value is -2.89. The monoisotopic (exact) mass is 326 g/mol. The fraction of sp³-hybridized carbons (Fsp3) is 0.278. The molecule has 0 unspecified atom stereocenters. The molecule has 6 heteroatoms. The number of rotatable bonds is 6. The highest BCUT2D eigenvalue weighted by atomic mass is 16.2. The summed E-state index contributed by atoms with van der Waals surface area (Å²) in [6.07, 6.45) is 2.13. The number of aromatic nitrogens is 1. The molecule has 2 amide bonds. The molecule has 1 aromatic carbocycles. The van der Waals surface area contributed by atoms with E-state index in [1.54, 1.807) is 12.3 Å². The van der Waals surface area contributed by atoms with E-state index in [-0.39, 0.29) is 11.8 Å². The molecule has 6 nitrogen and oxygen atoms in total. The summed E-state index contributed by atoms with van der Waals surface area (Å²) in [5, 5.41) is 8.70. The van der Waals surface area contributed by atoms with Gasteiger partial charge in [-0.1, -0.05) is 13.8 Å². The number of pyridine rings is 1. The molecular weight excluding hydrogens is 304 g/mol. The number of carbonyl (C=O) groups is 2. The molecule has 0 aliphatic rings. The first-order valence-corrected chi connectivity index (χ1v) is 7.83. The van der Waals surface area contributed by atoms with Crippen molar-refractivity contribution in [1.29, 1.82) is 0 Å². The Balaban J connectivity index is 1.93. The van der Waals surface area contributed by atoms with Gasteiger partial charge in [0.25, 0.3) is 0 Å². The predicted octanol–water partition coefficient (Wildman–Crippen LogP) is 3.77. The molecule has 0 bridgehead atoms. The average molecular weight is 326 g/mol. The second-order valence-corrected chi connectivity index (χ2v) is 5.96. The van der Waals surface area contributed by atoms with Crippen LogP contribution in [-0.2, 0) is 9.59 Å². The van der Waals surface area contributed by atoms with Gasteiger partial charge in [-0.25, -0.2) is 4.98 Å².